The van der Waals surface area contributed by atoms with E-state index in [0.717, 1.165) is 12.7 Å². The van der Waals surface area contributed by atoms with Crippen molar-refractivity contribution in [3.8, 4) is 5.75 Å². The number of halogens is 1. The molecule has 0 aliphatic carbocycles. The number of aldehydes is 1. The van der Waals surface area contributed by atoms with Gasteiger partial charge in [0.25, 0.3) is 0 Å². The molecule has 3 nitrogen and oxygen atoms in total. The van der Waals surface area contributed by atoms with E-state index in [1.807, 2.05) is 0 Å². The quantitative estimate of drug-likeness (QED) is 0.555. The minimum absolute atomic E-state index is 0.472. The molecule has 0 N–H and O–H groups in total. The average molecular weight is 229 g/mol. The first kappa shape index (κ1) is 12.0. The Morgan fingerprint density at radius 2 is 2.20 bits per heavy atom. The normalized spacial score (nSPS) is 10.0. The van der Waals surface area contributed by atoms with Crippen LogP contribution >= 0.6 is 11.6 Å². The fourth-order valence-corrected chi connectivity index (χ4v) is 1.31. The summed E-state index contributed by atoms with van der Waals surface area (Å²) in [5.74, 6) is 0.561. The van der Waals surface area contributed by atoms with Crippen LogP contribution in [0, 0.1) is 0 Å². The van der Waals surface area contributed by atoms with Gasteiger partial charge in [-0.3, -0.25) is 4.79 Å². The molecule has 1 aromatic rings. The lowest BCUT2D eigenvalue weighted by Crippen LogP contribution is -2.03. The predicted octanol–water partition coefficient (Wildman–Crippen LogP) is 2.57. The number of hydrogen-bond acceptors (Lipinski definition) is 3. The summed E-state index contributed by atoms with van der Waals surface area (Å²) in [6.07, 6.45) is 1.52. The van der Waals surface area contributed by atoms with Gasteiger partial charge in [0.1, 0.15) is 5.75 Å². The zero-order valence-electron chi connectivity index (χ0n) is 8.53. The molecule has 0 saturated carbocycles. The summed E-state index contributed by atoms with van der Waals surface area (Å²) in [6.45, 7) is 1.17. The van der Waals surface area contributed by atoms with Gasteiger partial charge in [-0.25, -0.2) is 0 Å². The van der Waals surface area contributed by atoms with E-state index in [1.165, 1.54) is 0 Å². The molecule has 1 aromatic carbocycles. The number of carbonyl (C=O) groups excluding carboxylic acids is 1. The Balaban J connectivity index is 2.56. The molecular formula is C11H13ClO3. The third kappa shape index (κ3) is 3.90. The first-order valence-corrected chi connectivity index (χ1v) is 5.02. The molecule has 1 rings (SSSR count). The van der Waals surface area contributed by atoms with Gasteiger partial charge in [-0.1, -0.05) is 11.6 Å². The summed E-state index contributed by atoms with van der Waals surface area (Å²) in [4.78, 5) is 10.7. The van der Waals surface area contributed by atoms with Crippen LogP contribution < -0.4 is 4.74 Å². The lowest BCUT2D eigenvalue weighted by Gasteiger charge is -2.07. The first-order valence-electron chi connectivity index (χ1n) is 4.64. The van der Waals surface area contributed by atoms with Crippen LogP contribution in [-0.2, 0) is 4.74 Å². The smallest absolute Gasteiger partial charge is 0.153 e. The Morgan fingerprint density at radius 3 is 2.87 bits per heavy atom. The molecule has 0 bridgehead atoms. The van der Waals surface area contributed by atoms with Crippen molar-refractivity contribution in [2.45, 2.75) is 6.42 Å². The van der Waals surface area contributed by atoms with E-state index in [1.54, 1.807) is 25.3 Å². The zero-order chi connectivity index (χ0) is 11.1. The fraction of sp³-hybridized carbons (Fsp3) is 0.364. The molecule has 0 aromatic heterocycles. The van der Waals surface area contributed by atoms with Gasteiger partial charge < -0.3 is 9.47 Å². The van der Waals surface area contributed by atoms with E-state index < -0.39 is 0 Å². The van der Waals surface area contributed by atoms with Crippen molar-refractivity contribution in [2.75, 3.05) is 20.3 Å². The maximum atomic E-state index is 10.7. The van der Waals surface area contributed by atoms with Gasteiger partial charge in [0, 0.05) is 25.2 Å². The Hall–Kier alpha value is -1.06. The van der Waals surface area contributed by atoms with Crippen molar-refractivity contribution in [3.63, 3.8) is 0 Å². The van der Waals surface area contributed by atoms with E-state index in [0.29, 0.717) is 29.5 Å². The standard InChI is InChI=1S/C11H13ClO3/c1-14-5-2-6-15-11-4-3-10(12)7-9(11)8-13/h3-4,7-8H,2,5-6H2,1H3. The van der Waals surface area contributed by atoms with E-state index in [4.69, 9.17) is 21.1 Å². The number of rotatable bonds is 6. The van der Waals surface area contributed by atoms with Crippen LogP contribution in [0.15, 0.2) is 18.2 Å². The summed E-state index contributed by atoms with van der Waals surface area (Å²) < 4.78 is 10.3. The van der Waals surface area contributed by atoms with Crippen LogP contribution in [0.2, 0.25) is 5.02 Å². The van der Waals surface area contributed by atoms with Crippen molar-refractivity contribution in [1.82, 2.24) is 0 Å². The van der Waals surface area contributed by atoms with Crippen LogP contribution in [0.3, 0.4) is 0 Å². The van der Waals surface area contributed by atoms with Gasteiger partial charge in [0.2, 0.25) is 0 Å². The average Bonchev–Trinajstić information content (AvgIpc) is 2.26. The summed E-state index contributed by atoms with van der Waals surface area (Å²) >= 11 is 5.74. The highest BCUT2D eigenvalue weighted by Crippen LogP contribution is 2.21. The molecule has 0 heterocycles. The Kier molecular flexibility index (Phi) is 5.15. The highest BCUT2D eigenvalue weighted by atomic mass is 35.5. The van der Waals surface area contributed by atoms with Gasteiger partial charge >= 0.3 is 0 Å². The largest absolute Gasteiger partial charge is 0.493 e. The molecule has 0 amide bonds. The topological polar surface area (TPSA) is 35.5 Å². The molecule has 15 heavy (non-hydrogen) atoms. The van der Waals surface area contributed by atoms with Crippen molar-refractivity contribution in [3.05, 3.63) is 28.8 Å². The molecule has 4 heteroatoms. The SMILES string of the molecule is COCCCOc1ccc(Cl)cc1C=O. The molecular weight excluding hydrogens is 216 g/mol. The molecule has 0 atom stereocenters. The van der Waals surface area contributed by atoms with Gasteiger partial charge in [-0.05, 0) is 18.2 Å². The fourth-order valence-electron chi connectivity index (χ4n) is 1.13. The second-order valence-corrected chi connectivity index (χ2v) is 3.43. The van der Waals surface area contributed by atoms with Crippen LogP contribution in [0.4, 0.5) is 0 Å². The van der Waals surface area contributed by atoms with Crippen molar-refractivity contribution >= 4 is 17.9 Å². The van der Waals surface area contributed by atoms with Crippen molar-refractivity contribution in [2.24, 2.45) is 0 Å². The van der Waals surface area contributed by atoms with Gasteiger partial charge in [0.05, 0.1) is 12.2 Å². The van der Waals surface area contributed by atoms with E-state index in [-0.39, 0.29) is 0 Å². The Labute approximate surface area is 93.9 Å². The van der Waals surface area contributed by atoms with Crippen LogP contribution in [0.25, 0.3) is 0 Å². The molecule has 82 valence electrons. The molecule has 0 spiro atoms. The second kappa shape index (κ2) is 6.43. The number of ether oxygens (including phenoxy) is 2. The number of methoxy groups -OCH3 is 1. The lowest BCUT2D eigenvalue weighted by molar-refractivity contribution is 0.111. The first-order chi connectivity index (χ1) is 7.27. The van der Waals surface area contributed by atoms with Crippen LogP contribution in [-0.4, -0.2) is 26.6 Å². The summed E-state index contributed by atoms with van der Waals surface area (Å²) in [6, 6.07) is 4.97. The van der Waals surface area contributed by atoms with E-state index in [2.05, 4.69) is 0 Å². The lowest BCUT2D eigenvalue weighted by atomic mass is 10.2. The third-order valence-corrected chi connectivity index (χ3v) is 2.08. The maximum Gasteiger partial charge on any atom is 0.153 e. The summed E-state index contributed by atoms with van der Waals surface area (Å²) in [7, 11) is 1.64. The van der Waals surface area contributed by atoms with E-state index in [9.17, 15) is 4.79 Å². The number of hydrogen-bond donors (Lipinski definition) is 0. The van der Waals surface area contributed by atoms with Gasteiger partial charge in [0.15, 0.2) is 6.29 Å². The number of benzene rings is 1. The molecule has 0 aliphatic rings. The Bertz CT molecular complexity index is 326. The predicted molar refractivity (Wildman–Crippen MR) is 58.8 cm³/mol. The minimum Gasteiger partial charge on any atom is -0.493 e. The van der Waals surface area contributed by atoms with E-state index >= 15 is 0 Å². The highest BCUT2D eigenvalue weighted by molar-refractivity contribution is 6.30. The third-order valence-electron chi connectivity index (χ3n) is 1.85. The Morgan fingerprint density at radius 1 is 1.40 bits per heavy atom. The zero-order valence-corrected chi connectivity index (χ0v) is 9.29. The molecule has 0 aliphatic heterocycles. The maximum absolute atomic E-state index is 10.7. The summed E-state index contributed by atoms with van der Waals surface area (Å²) in [5, 5.41) is 0.529. The van der Waals surface area contributed by atoms with Crippen molar-refractivity contribution in [1.29, 1.82) is 0 Å². The molecule has 0 saturated heterocycles. The molecule has 0 fully saturated rings. The highest BCUT2D eigenvalue weighted by Gasteiger charge is 2.03. The molecule has 0 radical (unpaired) electrons. The second-order valence-electron chi connectivity index (χ2n) is 2.99. The van der Waals surface area contributed by atoms with Gasteiger partial charge in [-0.2, -0.15) is 0 Å². The molecule has 0 unspecified atom stereocenters. The number of carbonyl (C=O) groups is 1. The monoisotopic (exact) mass is 228 g/mol. The summed E-state index contributed by atoms with van der Waals surface area (Å²) in [5.41, 5.74) is 0.472. The van der Waals surface area contributed by atoms with Crippen molar-refractivity contribution < 1.29 is 14.3 Å². The van der Waals surface area contributed by atoms with Crippen LogP contribution in [0.1, 0.15) is 16.8 Å². The van der Waals surface area contributed by atoms with Crippen LogP contribution in [0.5, 0.6) is 5.75 Å². The minimum atomic E-state index is 0.472. The van der Waals surface area contributed by atoms with Gasteiger partial charge in [-0.15, -0.1) is 0 Å².